The van der Waals surface area contributed by atoms with Gasteiger partial charge in [-0.1, -0.05) is 30.7 Å². The highest BCUT2D eigenvalue weighted by Gasteiger charge is 2.14. The maximum atomic E-state index is 2.44. The Balaban J connectivity index is 2.08. The molecule has 0 spiro atoms. The summed E-state index contributed by atoms with van der Waals surface area (Å²) in [6.45, 7) is 0. The van der Waals surface area contributed by atoms with Gasteiger partial charge in [0.05, 0.1) is 0 Å². The van der Waals surface area contributed by atoms with E-state index in [1.165, 1.54) is 48.0 Å². The summed E-state index contributed by atoms with van der Waals surface area (Å²) < 4.78 is 0. The molecular formula is C9H13P3. The van der Waals surface area contributed by atoms with Gasteiger partial charge in [0.1, 0.15) is 0 Å². The van der Waals surface area contributed by atoms with Crippen molar-refractivity contribution in [3.8, 4) is 0 Å². The zero-order chi connectivity index (χ0) is 8.23. The molecule has 0 amide bonds. The van der Waals surface area contributed by atoms with Crippen molar-refractivity contribution in [3.63, 3.8) is 0 Å². The van der Waals surface area contributed by atoms with Crippen LogP contribution in [0.15, 0.2) is 17.4 Å². The Hall–Kier alpha value is 0.510. The fourth-order valence-corrected chi connectivity index (χ4v) is 7.19. The second-order valence-corrected chi connectivity index (χ2v) is 7.81. The summed E-state index contributed by atoms with van der Waals surface area (Å²) in [5, 5.41) is 1.76. The molecule has 1 aliphatic heterocycles. The molecule has 0 radical (unpaired) electrons. The van der Waals surface area contributed by atoms with Gasteiger partial charge < -0.3 is 0 Å². The molecule has 1 saturated heterocycles. The summed E-state index contributed by atoms with van der Waals surface area (Å²) in [4.78, 5) is 0. The molecule has 3 heteroatoms. The van der Waals surface area contributed by atoms with Gasteiger partial charge in [0.25, 0.3) is 0 Å². The van der Waals surface area contributed by atoms with Crippen LogP contribution in [0.25, 0.3) is 0 Å². The molecule has 0 atom stereocenters. The van der Waals surface area contributed by atoms with Crippen LogP contribution in [0.1, 0.15) is 19.3 Å². The first-order valence-corrected chi connectivity index (χ1v) is 8.18. The third-order valence-electron chi connectivity index (χ3n) is 2.23. The Kier molecular flexibility index (Phi) is 3.53. The van der Waals surface area contributed by atoms with Crippen molar-refractivity contribution in [2.75, 3.05) is 12.3 Å². The van der Waals surface area contributed by atoms with E-state index in [0.717, 1.165) is 0 Å². The molecule has 12 heavy (non-hydrogen) atoms. The molecule has 0 nitrogen and oxygen atoms in total. The van der Waals surface area contributed by atoms with Crippen LogP contribution < -0.4 is 5.04 Å². The molecule has 0 saturated carbocycles. The van der Waals surface area contributed by atoms with Gasteiger partial charge in [-0.25, -0.2) is 0 Å². The Labute approximate surface area is 78.7 Å². The molecule has 0 N–H and O–H groups in total. The molecule has 1 aromatic heterocycles. The Morgan fingerprint density at radius 2 is 1.92 bits per heavy atom. The van der Waals surface area contributed by atoms with Crippen molar-refractivity contribution in [2.45, 2.75) is 19.3 Å². The van der Waals surface area contributed by atoms with E-state index >= 15 is 0 Å². The fourth-order valence-electron chi connectivity index (χ4n) is 1.58. The molecule has 0 aromatic carbocycles. The molecule has 1 fully saturated rings. The zero-order valence-electron chi connectivity index (χ0n) is 7.11. The number of hydrogen-bond donors (Lipinski definition) is 0. The Bertz CT molecular complexity index is 229. The van der Waals surface area contributed by atoms with Crippen molar-refractivity contribution in [2.24, 2.45) is 0 Å². The quantitative estimate of drug-likeness (QED) is 0.616. The lowest BCUT2D eigenvalue weighted by Gasteiger charge is -2.21. The van der Waals surface area contributed by atoms with Crippen LogP contribution in [0.3, 0.4) is 0 Å². The van der Waals surface area contributed by atoms with Crippen LogP contribution in [0.2, 0.25) is 0 Å². The first-order chi connectivity index (χ1) is 5.97. The van der Waals surface area contributed by atoms with Gasteiger partial charge in [0.15, 0.2) is 0 Å². The summed E-state index contributed by atoms with van der Waals surface area (Å²) >= 11 is 0. The van der Waals surface area contributed by atoms with Crippen LogP contribution in [0, 0.1) is 0 Å². The number of rotatable bonds is 1. The summed E-state index contributed by atoms with van der Waals surface area (Å²) in [6.07, 6.45) is 7.48. The average Bonchev–Trinajstić information content (AvgIpc) is 2.21. The number of hydrogen-bond acceptors (Lipinski definition) is 0. The average molecular weight is 214 g/mol. The van der Waals surface area contributed by atoms with Crippen LogP contribution in [-0.4, -0.2) is 12.3 Å². The SMILES string of the molecule is c1cpc(P2CCCCC2)cp1. The predicted octanol–water partition coefficient (Wildman–Crippen LogP) is 4.14. The third-order valence-corrected chi connectivity index (χ3v) is 7.98. The third kappa shape index (κ3) is 2.26. The van der Waals surface area contributed by atoms with E-state index in [1.54, 1.807) is 5.04 Å². The molecule has 1 aliphatic rings. The van der Waals surface area contributed by atoms with E-state index in [2.05, 4.69) is 17.4 Å². The molecule has 0 bridgehead atoms. The lowest BCUT2D eigenvalue weighted by atomic mass is 10.3. The van der Waals surface area contributed by atoms with Crippen molar-refractivity contribution in [3.05, 3.63) is 17.4 Å². The van der Waals surface area contributed by atoms with Crippen molar-refractivity contribution >= 4 is 29.3 Å². The predicted molar refractivity (Wildman–Crippen MR) is 61.6 cm³/mol. The Morgan fingerprint density at radius 1 is 1.08 bits per heavy atom. The summed E-state index contributed by atoms with van der Waals surface area (Å²) in [7, 11) is 3.22. The second kappa shape index (κ2) is 4.66. The first-order valence-electron chi connectivity index (χ1n) is 4.48. The van der Waals surface area contributed by atoms with E-state index in [0.29, 0.717) is 7.92 Å². The smallest absolute Gasteiger partial charge is 0.00756 e. The fraction of sp³-hybridized carbons (Fsp3) is 0.556. The normalized spacial score (nSPS) is 20.7. The highest BCUT2D eigenvalue weighted by molar-refractivity contribution is 7.74. The molecule has 0 unspecified atom stereocenters. The zero-order valence-corrected chi connectivity index (χ0v) is 9.79. The lowest BCUT2D eigenvalue weighted by molar-refractivity contribution is 0.756. The molecule has 0 aliphatic carbocycles. The van der Waals surface area contributed by atoms with Gasteiger partial charge in [-0.2, -0.15) is 0 Å². The molecule has 2 rings (SSSR count). The van der Waals surface area contributed by atoms with Gasteiger partial charge in [0, 0.05) is 5.04 Å². The van der Waals surface area contributed by atoms with Gasteiger partial charge >= 0.3 is 0 Å². The summed E-state index contributed by atoms with van der Waals surface area (Å²) in [5.41, 5.74) is 0. The highest BCUT2D eigenvalue weighted by Crippen LogP contribution is 2.43. The minimum atomic E-state index is 0.301. The summed E-state index contributed by atoms with van der Waals surface area (Å²) in [6, 6.07) is 0. The van der Waals surface area contributed by atoms with Crippen LogP contribution in [0.5, 0.6) is 0 Å². The maximum Gasteiger partial charge on any atom is 0.00756 e. The first kappa shape index (κ1) is 9.08. The second-order valence-electron chi connectivity index (χ2n) is 3.11. The van der Waals surface area contributed by atoms with E-state index in [9.17, 15) is 0 Å². The minimum absolute atomic E-state index is 0.301. The lowest BCUT2D eigenvalue weighted by Crippen LogP contribution is -2.06. The van der Waals surface area contributed by atoms with Gasteiger partial charge in [0.2, 0.25) is 0 Å². The van der Waals surface area contributed by atoms with E-state index in [4.69, 9.17) is 0 Å². The van der Waals surface area contributed by atoms with E-state index in [1.807, 2.05) is 0 Å². The molecule has 64 valence electrons. The van der Waals surface area contributed by atoms with Gasteiger partial charge in [-0.3, -0.25) is 0 Å². The monoisotopic (exact) mass is 214 g/mol. The topological polar surface area (TPSA) is 0 Å². The maximum absolute atomic E-state index is 2.44. The van der Waals surface area contributed by atoms with Crippen LogP contribution in [0.4, 0.5) is 0 Å². The largest absolute Gasteiger partial charge is 0.0751 e. The van der Waals surface area contributed by atoms with E-state index < -0.39 is 0 Å². The standard InChI is InChI=1S/C9H13P3/c1-2-6-12(7-3-1)9-8-10-4-5-11-9/h4-5,8H,1-3,6-7H2. The van der Waals surface area contributed by atoms with Crippen molar-refractivity contribution < 1.29 is 0 Å². The molecular weight excluding hydrogens is 201 g/mol. The van der Waals surface area contributed by atoms with Gasteiger partial charge in [-0.05, 0) is 42.6 Å². The summed E-state index contributed by atoms with van der Waals surface area (Å²) in [5.74, 6) is 7.01. The van der Waals surface area contributed by atoms with Crippen molar-refractivity contribution in [1.82, 2.24) is 0 Å². The van der Waals surface area contributed by atoms with Crippen molar-refractivity contribution in [1.29, 1.82) is 0 Å². The minimum Gasteiger partial charge on any atom is -0.0751 e. The molecule has 2 heterocycles. The van der Waals surface area contributed by atoms with Crippen LogP contribution >= 0.6 is 24.3 Å². The highest BCUT2D eigenvalue weighted by atomic mass is 31.1. The van der Waals surface area contributed by atoms with E-state index in [-0.39, 0.29) is 0 Å². The molecule has 1 aromatic rings. The Morgan fingerprint density at radius 3 is 2.58 bits per heavy atom. The van der Waals surface area contributed by atoms with Crippen LogP contribution in [-0.2, 0) is 0 Å². The van der Waals surface area contributed by atoms with Gasteiger partial charge in [-0.15, -0.1) is 0 Å².